The molecule has 2 fully saturated rings. The van der Waals surface area contributed by atoms with Crippen molar-refractivity contribution in [2.45, 2.75) is 31.2 Å². The molecule has 1 aliphatic carbocycles. The Labute approximate surface area is 67.3 Å². The molecule has 1 heterocycles. The van der Waals surface area contributed by atoms with Crippen molar-refractivity contribution in [3.05, 3.63) is 0 Å². The Morgan fingerprint density at radius 3 is 2.27 bits per heavy atom. The Balaban J connectivity index is 1.99. The molecule has 1 saturated heterocycles. The minimum atomic E-state index is 0.149. The smallest absolute Gasteiger partial charge is 0.0814 e. The molecule has 3 heteroatoms. The molecule has 1 saturated carbocycles. The number of hydrogen-bond donors (Lipinski definition) is 2. The van der Waals surface area contributed by atoms with Crippen molar-refractivity contribution in [1.82, 2.24) is 5.43 Å². The zero-order valence-corrected chi connectivity index (χ0v) is 6.81. The van der Waals surface area contributed by atoms with Crippen LogP contribution in [0.4, 0.5) is 0 Å². The molecule has 3 N–H and O–H groups in total. The Bertz CT molecular complexity index is 134. The Kier molecular flexibility index (Phi) is 1.87. The summed E-state index contributed by atoms with van der Waals surface area (Å²) in [6.45, 7) is 1.63. The SMILES string of the molecule is NNC1(C2CCCC2)COC1. The number of nitrogens with two attached hydrogens (primary N) is 1. The number of hydrogen-bond acceptors (Lipinski definition) is 3. The fourth-order valence-corrected chi connectivity index (χ4v) is 2.24. The second-order valence-electron chi connectivity index (χ2n) is 3.77. The topological polar surface area (TPSA) is 47.3 Å². The van der Waals surface area contributed by atoms with Crippen LogP contribution >= 0.6 is 0 Å². The third-order valence-corrected chi connectivity index (χ3v) is 3.14. The van der Waals surface area contributed by atoms with Crippen molar-refractivity contribution >= 4 is 0 Å². The zero-order valence-electron chi connectivity index (χ0n) is 6.81. The standard InChI is InChI=1S/C8H16N2O/c9-10-8(5-11-6-8)7-3-1-2-4-7/h7,10H,1-6,9H2. The van der Waals surface area contributed by atoms with Gasteiger partial charge in [-0.05, 0) is 18.8 Å². The van der Waals surface area contributed by atoms with Gasteiger partial charge in [0.15, 0.2) is 0 Å². The van der Waals surface area contributed by atoms with Crippen LogP contribution in [0.2, 0.25) is 0 Å². The van der Waals surface area contributed by atoms with Crippen LogP contribution < -0.4 is 11.3 Å². The molecule has 11 heavy (non-hydrogen) atoms. The van der Waals surface area contributed by atoms with E-state index in [9.17, 15) is 0 Å². The fourth-order valence-electron chi connectivity index (χ4n) is 2.24. The molecule has 1 aliphatic heterocycles. The summed E-state index contributed by atoms with van der Waals surface area (Å²) in [5, 5.41) is 0. The van der Waals surface area contributed by atoms with Gasteiger partial charge in [0.25, 0.3) is 0 Å². The predicted octanol–water partition coefficient (Wildman–Crippen LogP) is 0.409. The summed E-state index contributed by atoms with van der Waals surface area (Å²) in [5.41, 5.74) is 3.08. The highest BCUT2D eigenvalue weighted by Gasteiger charge is 2.45. The highest BCUT2D eigenvalue weighted by Crippen LogP contribution is 2.37. The first-order valence-corrected chi connectivity index (χ1v) is 4.43. The molecule has 0 bridgehead atoms. The molecule has 0 unspecified atom stereocenters. The summed E-state index contributed by atoms with van der Waals surface area (Å²) in [4.78, 5) is 0. The fraction of sp³-hybridized carbons (Fsp3) is 1.00. The van der Waals surface area contributed by atoms with Crippen LogP contribution in [0.1, 0.15) is 25.7 Å². The van der Waals surface area contributed by atoms with Gasteiger partial charge in [-0.15, -0.1) is 0 Å². The molecule has 64 valence electrons. The summed E-state index contributed by atoms with van der Waals surface area (Å²) in [7, 11) is 0. The van der Waals surface area contributed by atoms with Crippen LogP contribution in [0.25, 0.3) is 0 Å². The van der Waals surface area contributed by atoms with E-state index in [1.165, 1.54) is 25.7 Å². The molecule has 0 radical (unpaired) electrons. The molecule has 0 atom stereocenters. The van der Waals surface area contributed by atoms with E-state index in [4.69, 9.17) is 10.6 Å². The van der Waals surface area contributed by atoms with Crippen LogP contribution in [0, 0.1) is 5.92 Å². The third kappa shape index (κ3) is 1.08. The second kappa shape index (κ2) is 2.73. The molecule has 0 spiro atoms. The van der Waals surface area contributed by atoms with E-state index < -0.39 is 0 Å². The van der Waals surface area contributed by atoms with Gasteiger partial charge in [0, 0.05) is 0 Å². The lowest BCUT2D eigenvalue weighted by Gasteiger charge is -2.45. The lowest BCUT2D eigenvalue weighted by Crippen LogP contribution is -2.66. The Morgan fingerprint density at radius 2 is 1.91 bits per heavy atom. The number of rotatable bonds is 2. The van der Waals surface area contributed by atoms with Crippen LogP contribution in [-0.2, 0) is 4.74 Å². The normalized spacial score (nSPS) is 30.3. The molecule has 0 amide bonds. The van der Waals surface area contributed by atoms with Gasteiger partial charge in [-0.3, -0.25) is 5.84 Å². The quantitative estimate of drug-likeness (QED) is 0.449. The maximum absolute atomic E-state index is 5.52. The summed E-state index contributed by atoms with van der Waals surface area (Å²) in [6, 6.07) is 0. The highest BCUT2D eigenvalue weighted by molar-refractivity contribution is 4.99. The van der Waals surface area contributed by atoms with Crippen molar-refractivity contribution in [3.8, 4) is 0 Å². The maximum Gasteiger partial charge on any atom is 0.0814 e. The van der Waals surface area contributed by atoms with Crippen LogP contribution in [0.15, 0.2) is 0 Å². The van der Waals surface area contributed by atoms with E-state index in [0.29, 0.717) is 0 Å². The third-order valence-electron chi connectivity index (χ3n) is 3.14. The van der Waals surface area contributed by atoms with E-state index >= 15 is 0 Å². The van der Waals surface area contributed by atoms with E-state index in [1.54, 1.807) is 0 Å². The van der Waals surface area contributed by atoms with Crippen molar-refractivity contribution in [2.24, 2.45) is 11.8 Å². The van der Waals surface area contributed by atoms with Gasteiger partial charge in [0.1, 0.15) is 0 Å². The average molecular weight is 156 g/mol. The molecule has 3 nitrogen and oxygen atoms in total. The van der Waals surface area contributed by atoms with Crippen LogP contribution in [0.5, 0.6) is 0 Å². The van der Waals surface area contributed by atoms with Gasteiger partial charge in [0.05, 0.1) is 18.8 Å². The van der Waals surface area contributed by atoms with E-state index in [2.05, 4.69) is 5.43 Å². The maximum atomic E-state index is 5.52. The van der Waals surface area contributed by atoms with Crippen molar-refractivity contribution in [3.63, 3.8) is 0 Å². The molecule has 0 aromatic heterocycles. The molecule has 0 aromatic carbocycles. The monoisotopic (exact) mass is 156 g/mol. The van der Waals surface area contributed by atoms with E-state index in [1.807, 2.05) is 0 Å². The minimum absolute atomic E-state index is 0.149. The first-order valence-electron chi connectivity index (χ1n) is 4.43. The Morgan fingerprint density at radius 1 is 1.27 bits per heavy atom. The number of hydrazine groups is 1. The minimum Gasteiger partial charge on any atom is -0.377 e. The van der Waals surface area contributed by atoms with Crippen molar-refractivity contribution in [1.29, 1.82) is 0 Å². The van der Waals surface area contributed by atoms with E-state index in [-0.39, 0.29) is 5.54 Å². The zero-order chi connectivity index (χ0) is 7.73. The number of nitrogens with one attached hydrogen (secondary N) is 1. The van der Waals surface area contributed by atoms with Gasteiger partial charge in [-0.1, -0.05) is 12.8 Å². The summed E-state index contributed by atoms with van der Waals surface area (Å²) >= 11 is 0. The Hall–Kier alpha value is -0.120. The van der Waals surface area contributed by atoms with Gasteiger partial charge in [-0.2, -0.15) is 0 Å². The first-order chi connectivity index (χ1) is 5.37. The van der Waals surface area contributed by atoms with Crippen LogP contribution in [0.3, 0.4) is 0 Å². The molecule has 0 aromatic rings. The van der Waals surface area contributed by atoms with Crippen molar-refractivity contribution < 1.29 is 4.74 Å². The van der Waals surface area contributed by atoms with Gasteiger partial charge < -0.3 is 4.74 Å². The lowest BCUT2D eigenvalue weighted by molar-refractivity contribution is -0.103. The molecular weight excluding hydrogens is 140 g/mol. The van der Waals surface area contributed by atoms with Crippen molar-refractivity contribution in [2.75, 3.05) is 13.2 Å². The summed E-state index contributed by atoms with van der Waals surface area (Å²) < 4.78 is 5.20. The molecule has 2 aliphatic rings. The van der Waals surface area contributed by atoms with Gasteiger partial charge in [-0.25, -0.2) is 5.43 Å². The van der Waals surface area contributed by atoms with E-state index in [0.717, 1.165) is 19.1 Å². The molecule has 2 rings (SSSR count). The van der Waals surface area contributed by atoms with Crippen LogP contribution in [-0.4, -0.2) is 18.8 Å². The van der Waals surface area contributed by atoms with Gasteiger partial charge in [0.2, 0.25) is 0 Å². The average Bonchev–Trinajstić information content (AvgIpc) is 2.39. The molecular formula is C8H16N2O. The highest BCUT2D eigenvalue weighted by atomic mass is 16.5. The predicted molar refractivity (Wildman–Crippen MR) is 42.8 cm³/mol. The van der Waals surface area contributed by atoms with Gasteiger partial charge >= 0.3 is 0 Å². The largest absolute Gasteiger partial charge is 0.377 e. The lowest BCUT2D eigenvalue weighted by atomic mass is 9.81. The summed E-state index contributed by atoms with van der Waals surface area (Å²) in [5.74, 6) is 6.28. The number of ether oxygens (including phenoxy) is 1. The second-order valence-corrected chi connectivity index (χ2v) is 3.77. The first kappa shape index (κ1) is 7.53. The summed E-state index contributed by atoms with van der Waals surface area (Å²) in [6.07, 6.45) is 5.39.